The Bertz CT molecular complexity index is 799. The van der Waals surface area contributed by atoms with Crippen LogP contribution in [-0.4, -0.2) is 43.4 Å². The summed E-state index contributed by atoms with van der Waals surface area (Å²) in [5, 5.41) is 5.63. The molecule has 2 rings (SSSR count). The van der Waals surface area contributed by atoms with Crippen molar-refractivity contribution in [3.63, 3.8) is 0 Å². The standard InChI is InChI=1S/C25H34N2O4S/c1-3-4-16-30-17-8-15-26-25(29)24(27-20(2)28)19-32-23-13-11-22(12-14-23)31-18-21-9-6-5-7-10-21/h5-7,9-14,24H,3-4,8,15-19H2,1-2H3,(H,26,29)(H,27,28). The lowest BCUT2D eigenvalue weighted by Crippen LogP contribution is -2.47. The van der Waals surface area contributed by atoms with Crippen LogP contribution in [0.3, 0.4) is 0 Å². The molecule has 1 unspecified atom stereocenters. The second kappa shape index (κ2) is 15.3. The molecule has 1 atom stereocenters. The predicted molar refractivity (Wildman–Crippen MR) is 129 cm³/mol. The molecule has 0 saturated carbocycles. The van der Waals surface area contributed by atoms with Gasteiger partial charge in [-0.15, -0.1) is 11.8 Å². The molecule has 174 valence electrons. The first-order valence-electron chi connectivity index (χ1n) is 11.1. The molecular formula is C25H34N2O4S. The van der Waals surface area contributed by atoms with Crippen LogP contribution in [0.2, 0.25) is 0 Å². The number of unbranched alkanes of at least 4 members (excludes halogenated alkanes) is 1. The maximum atomic E-state index is 12.5. The van der Waals surface area contributed by atoms with E-state index in [1.165, 1.54) is 18.7 Å². The van der Waals surface area contributed by atoms with Gasteiger partial charge in [-0.3, -0.25) is 9.59 Å². The molecule has 7 heteroatoms. The highest BCUT2D eigenvalue weighted by Crippen LogP contribution is 2.23. The molecule has 0 bridgehead atoms. The van der Waals surface area contributed by atoms with Gasteiger partial charge in [0.1, 0.15) is 18.4 Å². The van der Waals surface area contributed by atoms with E-state index in [9.17, 15) is 9.59 Å². The first-order chi connectivity index (χ1) is 15.6. The summed E-state index contributed by atoms with van der Waals surface area (Å²) < 4.78 is 11.3. The van der Waals surface area contributed by atoms with Gasteiger partial charge < -0.3 is 20.1 Å². The van der Waals surface area contributed by atoms with Crippen molar-refractivity contribution in [2.45, 2.75) is 50.7 Å². The number of ether oxygens (including phenoxy) is 2. The molecule has 2 aromatic carbocycles. The van der Waals surface area contributed by atoms with Crippen molar-refractivity contribution in [3.05, 3.63) is 60.2 Å². The van der Waals surface area contributed by atoms with Gasteiger partial charge in [-0.25, -0.2) is 0 Å². The van der Waals surface area contributed by atoms with Crippen LogP contribution < -0.4 is 15.4 Å². The zero-order valence-corrected chi connectivity index (χ0v) is 19.8. The van der Waals surface area contributed by atoms with Crippen LogP contribution in [0.1, 0.15) is 38.7 Å². The Morgan fingerprint density at radius 2 is 1.72 bits per heavy atom. The fourth-order valence-corrected chi connectivity index (χ4v) is 3.76. The summed E-state index contributed by atoms with van der Waals surface area (Å²) in [5.74, 6) is 0.834. The Hall–Kier alpha value is -2.51. The van der Waals surface area contributed by atoms with Crippen LogP contribution in [0, 0.1) is 0 Å². The van der Waals surface area contributed by atoms with E-state index in [2.05, 4.69) is 17.6 Å². The molecule has 0 aliphatic heterocycles. The van der Waals surface area contributed by atoms with Gasteiger partial charge in [0, 0.05) is 37.3 Å². The highest BCUT2D eigenvalue weighted by molar-refractivity contribution is 7.99. The van der Waals surface area contributed by atoms with Crippen molar-refractivity contribution in [2.24, 2.45) is 0 Å². The first-order valence-corrected chi connectivity index (χ1v) is 12.1. The van der Waals surface area contributed by atoms with E-state index in [1.54, 1.807) is 0 Å². The Morgan fingerprint density at radius 3 is 2.41 bits per heavy atom. The van der Waals surface area contributed by atoms with Gasteiger partial charge in [0.15, 0.2) is 0 Å². The summed E-state index contributed by atoms with van der Waals surface area (Å²) in [5.41, 5.74) is 1.11. The minimum Gasteiger partial charge on any atom is -0.489 e. The van der Waals surface area contributed by atoms with Crippen LogP contribution in [0.25, 0.3) is 0 Å². The molecule has 0 aliphatic rings. The number of benzene rings is 2. The van der Waals surface area contributed by atoms with Crippen LogP contribution >= 0.6 is 11.8 Å². The van der Waals surface area contributed by atoms with Gasteiger partial charge >= 0.3 is 0 Å². The van der Waals surface area contributed by atoms with E-state index in [1.807, 2.05) is 54.6 Å². The predicted octanol–water partition coefficient (Wildman–Crippen LogP) is 4.19. The van der Waals surface area contributed by atoms with E-state index in [0.717, 1.165) is 42.1 Å². The van der Waals surface area contributed by atoms with E-state index in [0.29, 0.717) is 25.5 Å². The summed E-state index contributed by atoms with van der Waals surface area (Å²) in [6, 6.07) is 17.2. The van der Waals surface area contributed by atoms with Gasteiger partial charge in [-0.1, -0.05) is 43.7 Å². The van der Waals surface area contributed by atoms with Gasteiger partial charge in [0.05, 0.1) is 0 Å². The quantitative estimate of drug-likeness (QED) is 0.309. The average Bonchev–Trinajstić information content (AvgIpc) is 2.81. The molecule has 0 fully saturated rings. The number of hydrogen-bond donors (Lipinski definition) is 2. The molecule has 0 radical (unpaired) electrons. The molecule has 0 spiro atoms. The number of amides is 2. The molecule has 0 aromatic heterocycles. The molecule has 6 nitrogen and oxygen atoms in total. The molecule has 32 heavy (non-hydrogen) atoms. The van der Waals surface area contributed by atoms with Crippen LogP contribution in [-0.2, 0) is 20.9 Å². The molecule has 2 aromatic rings. The van der Waals surface area contributed by atoms with Crippen molar-refractivity contribution in [3.8, 4) is 5.75 Å². The van der Waals surface area contributed by atoms with Crippen LogP contribution in [0.15, 0.2) is 59.5 Å². The second-order valence-electron chi connectivity index (χ2n) is 7.42. The molecule has 0 saturated heterocycles. The fourth-order valence-electron chi connectivity index (χ4n) is 2.84. The summed E-state index contributed by atoms with van der Waals surface area (Å²) in [7, 11) is 0. The zero-order chi connectivity index (χ0) is 23.0. The smallest absolute Gasteiger partial charge is 0.243 e. The van der Waals surface area contributed by atoms with Gasteiger partial charge in [0.2, 0.25) is 11.8 Å². The first kappa shape index (κ1) is 25.7. The second-order valence-corrected chi connectivity index (χ2v) is 8.51. The minimum atomic E-state index is -0.590. The third kappa shape index (κ3) is 10.7. The largest absolute Gasteiger partial charge is 0.489 e. The molecule has 0 heterocycles. The Morgan fingerprint density at radius 1 is 1.00 bits per heavy atom. The minimum absolute atomic E-state index is 0.177. The van der Waals surface area contributed by atoms with Crippen LogP contribution in [0.4, 0.5) is 0 Å². The van der Waals surface area contributed by atoms with E-state index < -0.39 is 6.04 Å². The van der Waals surface area contributed by atoms with Crippen molar-refractivity contribution < 1.29 is 19.1 Å². The maximum Gasteiger partial charge on any atom is 0.243 e. The third-order valence-corrected chi connectivity index (χ3v) is 5.70. The maximum absolute atomic E-state index is 12.5. The fraction of sp³-hybridized carbons (Fsp3) is 0.440. The average molecular weight is 459 g/mol. The lowest BCUT2D eigenvalue weighted by Gasteiger charge is -2.17. The SMILES string of the molecule is CCCCOCCCNC(=O)C(CSc1ccc(OCc2ccccc2)cc1)NC(C)=O. The van der Waals surface area contributed by atoms with Gasteiger partial charge in [-0.2, -0.15) is 0 Å². The highest BCUT2D eigenvalue weighted by Gasteiger charge is 2.19. The number of hydrogen-bond acceptors (Lipinski definition) is 5. The summed E-state index contributed by atoms with van der Waals surface area (Å²) in [6.07, 6.45) is 2.91. The number of rotatable bonds is 15. The number of thioether (sulfide) groups is 1. The topological polar surface area (TPSA) is 76.7 Å². The lowest BCUT2D eigenvalue weighted by atomic mass is 10.2. The Kier molecular flexibility index (Phi) is 12.3. The molecule has 2 amide bonds. The van der Waals surface area contributed by atoms with Crippen molar-refractivity contribution in [1.29, 1.82) is 0 Å². The van der Waals surface area contributed by atoms with Crippen LogP contribution in [0.5, 0.6) is 5.75 Å². The highest BCUT2D eigenvalue weighted by atomic mass is 32.2. The van der Waals surface area contributed by atoms with Crippen molar-refractivity contribution >= 4 is 23.6 Å². The molecule has 0 aliphatic carbocycles. The number of carbonyl (C=O) groups excluding carboxylic acids is 2. The zero-order valence-electron chi connectivity index (χ0n) is 19.0. The lowest BCUT2D eigenvalue weighted by molar-refractivity contribution is -0.127. The van der Waals surface area contributed by atoms with Gasteiger partial charge in [-0.05, 0) is 42.7 Å². The van der Waals surface area contributed by atoms with Gasteiger partial charge in [0.25, 0.3) is 0 Å². The monoisotopic (exact) mass is 458 g/mol. The van der Waals surface area contributed by atoms with E-state index in [4.69, 9.17) is 9.47 Å². The van der Waals surface area contributed by atoms with E-state index >= 15 is 0 Å². The number of nitrogens with one attached hydrogen (secondary N) is 2. The third-order valence-electron chi connectivity index (χ3n) is 4.59. The van der Waals surface area contributed by atoms with Crippen molar-refractivity contribution in [1.82, 2.24) is 10.6 Å². The Balaban J connectivity index is 1.75. The number of carbonyl (C=O) groups is 2. The molecule has 2 N–H and O–H groups in total. The normalized spacial score (nSPS) is 11.6. The summed E-state index contributed by atoms with van der Waals surface area (Å²) in [6.45, 7) is 5.97. The Labute approximate surface area is 195 Å². The molecular weight excluding hydrogens is 424 g/mol. The summed E-state index contributed by atoms with van der Waals surface area (Å²) >= 11 is 1.52. The van der Waals surface area contributed by atoms with E-state index in [-0.39, 0.29) is 11.8 Å². The summed E-state index contributed by atoms with van der Waals surface area (Å²) in [4.78, 5) is 25.1. The van der Waals surface area contributed by atoms with Crippen molar-refractivity contribution in [2.75, 3.05) is 25.5 Å².